The lowest BCUT2D eigenvalue weighted by Gasteiger charge is -2.16. The summed E-state index contributed by atoms with van der Waals surface area (Å²) >= 11 is 0. The number of nitrogens with one attached hydrogen (secondary N) is 1. The number of amides is 2. The van der Waals surface area contributed by atoms with Crippen LogP contribution < -0.4 is 16.0 Å². The Bertz CT molecular complexity index is 1050. The summed E-state index contributed by atoms with van der Waals surface area (Å²) in [6.45, 7) is 0.972. The molecule has 2 heterocycles. The third-order valence-electron chi connectivity index (χ3n) is 4.67. The number of fused-ring (bicyclic) bond motifs is 1. The van der Waals surface area contributed by atoms with Crippen molar-refractivity contribution in [2.75, 3.05) is 16.8 Å². The van der Waals surface area contributed by atoms with Crippen molar-refractivity contribution < 1.29 is 14.0 Å². The van der Waals surface area contributed by atoms with E-state index in [1.54, 1.807) is 35.2 Å². The molecule has 1 aliphatic heterocycles. The fourth-order valence-corrected chi connectivity index (χ4v) is 3.31. The van der Waals surface area contributed by atoms with Crippen LogP contribution in [0.5, 0.6) is 0 Å². The van der Waals surface area contributed by atoms with Crippen molar-refractivity contribution in [1.29, 1.82) is 0 Å². The molecule has 3 aromatic rings. The molecule has 4 rings (SSSR count). The minimum absolute atomic E-state index is 0.129. The van der Waals surface area contributed by atoms with Gasteiger partial charge < -0.3 is 14.6 Å². The Morgan fingerprint density at radius 3 is 2.59 bits per heavy atom. The second-order valence-electron chi connectivity index (χ2n) is 6.48. The Kier molecular flexibility index (Phi) is 4.50. The van der Waals surface area contributed by atoms with Crippen LogP contribution in [0.25, 0.3) is 11.1 Å². The maximum atomic E-state index is 12.2. The quantitative estimate of drug-likeness (QED) is 0.753. The van der Waals surface area contributed by atoms with Gasteiger partial charge in [0.2, 0.25) is 11.8 Å². The van der Waals surface area contributed by atoms with Crippen LogP contribution in [-0.4, -0.2) is 22.9 Å². The Morgan fingerprint density at radius 1 is 1.07 bits per heavy atom. The van der Waals surface area contributed by atoms with Crippen molar-refractivity contribution in [3.63, 3.8) is 0 Å². The number of hydrogen-bond donors (Lipinski definition) is 1. The number of carbonyl (C=O) groups is 2. The molecule has 2 amide bonds. The number of anilines is 2. The molecule has 0 atom stereocenters. The lowest BCUT2D eigenvalue weighted by molar-refractivity contribution is -0.117. The average molecular weight is 365 g/mol. The Labute approximate surface area is 155 Å². The molecule has 2 aromatic carbocycles. The van der Waals surface area contributed by atoms with Crippen molar-refractivity contribution in [2.45, 2.75) is 25.8 Å². The van der Waals surface area contributed by atoms with Gasteiger partial charge in [-0.25, -0.2) is 4.79 Å². The molecule has 0 radical (unpaired) electrons. The molecule has 1 N–H and O–H groups in total. The molecule has 7 heteroatoms. The summed E-state index contributed by atoms with van der Waals surface area (Å²) in [5.74, 6) is -0.537. The van der Waals surface area contributed by atoms with E-state index in [-0.39, 0.29) is 24.8 Å². The van der Waals surface area contributed by atoms with Crippen LogP contribution in [0.3, 0.4) is 0 Å². The monoisotopic (exact) mass is 365 g/mol. The highest BCUT2D eigenvalue weighted by Crippen LogP contribution is 2.23. The Hall–Kier alpha value is -3.35. The summed E-state index contributed by atoms with van der Waals surface area (Å²) in [5.41, 5.74) is 2.68. The van der Waals surface area contributed by atoms with E-state index in [9.17, 15) is 14.4 Å². The normalized spacial score (nSPS) is 14.1. The highest BCUT2D eigenvalue weighted by atomic mass is 16.4. The van der Waals surface area contributed by atoms with Gasteiger partial charge in [0, 0.05) is 37.3 Å². The second-order valence-corrected chi connectivity index (χ2v) is 6.48. The summed E-state index contributed by atoms with van der Waals surface area (Å²) in [7, 11) is 0. The van der Waals surface area contributed by atoms with Gasteiger partial charge in [-0.2, -0.15) is 0 Å². The van der Waals surface area contributed by atoms with Gasteiger partial charge in [-0.3, -0.25) is 14.2 Å². The topological polar surface area (TPSA) is 84.5 Å². The first kappa shape index (κ1) is 17.1. The fourth-order valence-electron chi connectivity index (χ4n) is 3.31. The second kappa shape index (κ2) is 7.11. The van der Waals surface area contributed by atoms with Crippen molar-refractivity contribution in [3.8, 4) is 0 Å². The summed E-state index contributed by atoms with van der Waals surface area (Å²) in [6, 6.07) is 14.3. The molecule has 0 spiro atoms. The maximum Gasteiger partial charge on any atom is 0.419 e. The summed E-state index contributed by atoms with van der Waals surface area (Å²) in [4.78, 5) is 37.7. The predicted molar refractivity (Wildman–Crippen MR) is 102 cm³/mol. The SMILES string of the molecule is O=C(CCn1c(=O)oc2ccccc21)Nc1ccc(N2CCCC2=O)cc1. The van der Waals surface area contributed by atoms with Crippen molar-refractivity contribution in [3.05, 3.63) is 59.1 Å². The van der Waals surface area contributed by atoms with Gasteiger partial charge in [0.15, 0.2) is 5.58 Å². The standard InChI is InChI=1S/C20H19N3O4/c24-18(11-13-23-16-4-1-2-5-17(16)27-20(23)26)21-14-7-9-15(10-8-14)22-12-3-6-19(22)25/h1-2,4-5,7-10H,3,6,11-13H2,(H,21,24). The molecule has 1 saturated heterocycles. The molecule has 0 unspecified atom stereocenters. The highest BCUT2D eigenvalue weighted by molar-refractivity contribution is 5.96. The van der Waals surface area contributed by atoms with E-state index in [0.717, 1.165) is 18.7 Å². The third kappa shape index (κ3) is 3.48. The van der Waals surface area contributed by atoms with E-state index < -0.39 is 5.76 Å². The first-order valence-corrected chi connectivity index (χ1v) is 8.90. The predicted octanol–water partition coefficient (Wildman–Crippen LogP) is 2.75. The van der Waals surface area contributed by atoms with Gasteiger partial charge >= 0.3 is 5.76 Å². The number of oxazole rings is 1. The molecule has 1 fully saturated rings. The van der Waals surface area contributed by atoms with E-state index >= 15 is 0 Å². The van der Waals surface area contributed by atoms with Gasteiger partial charge in [-0.05, 0) is 42.8 Å². The van der Waals surface area contributed by atoms with Gasteiger partial charge in [-0.15, -0.1) is 0 Å². The molecule has 7 nitrogen and oxygen atoms in total. The molecular formula is C20H19N3O4. The maximum absolute atomic E-state index is 12.2. The van der Waals surface area contributed by atoms with Crippen LogP contribution >= 0.6 is 0 Å². The minimum atomic E-state index is -0.469. The van der Waals surface area contributed by atoms with Gasteiger partial charge in [-0.1, -0.05) is 12.1 Å². The van der Waals surface area contributed by atoms with Crippen molar-refractivity contribution in [2.24, 2.45) is 0 Å². The molecule has 138 valence electrons. The lowest BCUT2D eigenvalue weighted by atomic mass is 10.2. The van der Waals surface area contributed by atoms with E-state index in [2.05, 4.69) is 5.32 Å². The Morgan fingerprint density at radius 2 is 1.85 bits per heavy atom. The molecule has 27 heavy (non-hydrogen) atoms. The van der Waals surface area contributed by atoms with Gasteiger partial charge in [0.25, 0.3) is 0 Å². The number of rotatable bonds is 5. The number of aryl methyl sites for hydroxylation is 1. The minimum Gasteiger partial charge on any atom is -0.408 e. The number of aromatic nitrogens is 1. The molecule has 0 bridgehead atoms. The number of nitrogens with zero attached hydrogens (tertiary/aromatic N) is 2. The highest BCUT2D eigenvalue weighted by Gasteiger charge is 2.21. The summed E-state index contributed by atoms with van der Waals surface area (Å²) in [6.07, 6.45) is 1.61. The first-order chi connectivity index (χ1) is 13.1. The van der Waals surface area contributed by atoms with Crippen LogP contribution in [0.1, 0.15) is 19.3 Å². The number of para-hydroxylation sites is 2. The molecule has 0 aliphatic carbocycles. The zero-order chi connectivity index (χ0) is 18.8. The lowest BCUT2D eigenvalue weighted by Crippen LogP contribution is -2.23. The van der Waals surface area contributed by atoms with Crippen molar-refractivity contribution in [1.82, 2.24) is 4.57 Å². The van der Waals surface area contributed by atoms with E-state index in [4.69, 9.17) is 4.42 Å². The van der Waals surface area contributed by atoms with Crippen LogP contribution in [0.2, 0.25) is 0 Å². The number of benzene rings is 2. The van der Waals surface area contributed by atoms with Crippen LogP contribution in [0.4, 0.5) is 11.4 Å². The number of hydrogen-bond acceptors (Lipinski definition) is 4. The largest absolute Gasteiger partial charge is 0.419 e. The molecule has 1 aliphatic rings. The molecule has 0 saturated carbocycles. The van der Waals surface area contributed by atoms with Gasteiger partial charge in [0.05, 0.1) is 5.52 Å². The first-order valence-electron chi connectivity index (χ1n) is 8.90. The Balaban J connectivity index is 1.38. The third-order valence-corrected chi connectivity index (χ3v) is 4.67. The van der Waals surface area contributed by atoms with Crippen molar-refractivity contribution >= 4 is 34.3 Å². The average Bonchev–Trinajstić information content (AvgIpc) is 3.23. The smallest absolute Gasteiger partial charge is 0.408 e. The molecule has 1 aromatic heterocycles. The molecular weight excluding hydrogens is 346 g/mol. The summed E-state index contributed by atoms with van der Waals surface area (Å²) in [5, 5.41) is 2.81. The van der Waals surface area contributed by atoms with E-state index in [0.29, 0.717) is 23.2 Å². The summed E-state index contributed by atoms with van der Waals surface area (Å²) < 4.78 is 6.62. The van der Waals surface area contributed by atoms with Crippen LogP contribution in [-0.2, 0) is 16.1 Å². The fraction of sp³-hybridized carbons (Fsp3) is 0.250. The van der Waals surface area contributed by atoms with Crippen LogP contribution in [0, 0.1) is 0 Å². The van der Waals surface area contributed by atoms with Crippen LogP contribution in [0.15, 0.2) is 57.7 Å². The number of carbonyl (C=O) groups excluding carboxylic acids is 2. The van der Waals surface area contributed by atoms with E-state index in [1.165, 1.54) is 4.57 Å². The zero-order valence-electron chi connectivity index (χ0n) is 14.7. The van der Waals surface area contributed by atoms with Gasteiger partial charge in [0.1, 0.15) is 0 Å². The van der Waals surface area contributed by atoms with E-state index in [1.807, 2.05) is 18.2 Å². The zero-order valence-corrected chi connectivity index (χ0v) is 14.7.